The molecule has 3 aromatic rings. The van der Waals surface area contributed by atoms with Crippen LogP contribution in [0.4, 0.5) is 10.1 Å². The van der Waals surface area contributed by atoms with Gasteiger partial charge in [0.1, 0.15) is 29.0 Å². The van der Waals surface area contributed by atoms with Crippen molar-refractivity contribution in [2.75, 3.05) is 11.9 Å². The van der Waals surface area contributed by atoms with Crippen LogP contribution in [0.2, 0.25) is 0 Å². The zero-order valence-electron chi connectivity index (χ0n) is 16.7. The average Bonchev–Trinajstić information content (AvgIpc) is 2.76. The van der Waals surface area contributed by atoms with Gasteiger partial charge in [0.15, 0.2) is 0 Å². The molecule has 2 heterocycles. The summed E-state index contributed by atoms with van der Waals surface area (Å²) in [4.78, 5) is 21.2. The zero-order valence-corrected chi connectivity index (χ0v) is 18.8. The number of nitrogens with two attached hydrogens (primary N) is 1. The largest absolute Gasteiger partial charge is 0.385 e. The molecule has 1 aliphatic rings. The van der Waals surface area contributed by atoms with Gasteiger partial charge in [-0.3, -0.25) is 9.79 Å². The molecule has 0 saturated carbocycles. The Morgan fingerprint density at radius 2 is 2.00 bits per heavy atom. The lowest BCUT2D eigenvalue weighted by Crippen LogP contribution is -2.40. The van der Waals surface area contributed by atoms with Gasteiger partial charge < -0.3 is 15.8 Å². The van der Waals surface area contributed by atoms with Crippen molar-refractivity contribution >= 4 is 40.0 Å². The SMILES string of the molecule is C[C@@]1(c2cc(NC(=O)c3ccc(I)cn3)ccc2F)CO[C@H](c2ccccc2)C(N)=N1. The zero-order chi connectivity index (χ0) is 22.0. The van der Waals surface area contributed by atoms with Gasteiger partial charge in [-0.1, -0.05) is 30.3 Å². The number of nitrogens with one attached hydrogen (secondary N) is 1. The third kappa shape index (κ3) is 4.59. The summed E-state index contributed by atoms with van der Waals surface area (Å²) >= 11 is 2.11. The molecular weight excluding hydrogens is 510 g/mol. The first-order chi connectivity index (χ1) is 14.9. The fraction of sp³-hybridized carbons (Fsp3) is 0.174. The van der Waals surface area contributed by atoms with Crippen LogP contribution < -0.4 is 11.1 Å². The summed E-state index contributed by atoms with van der Waals surface area (Å²) in [5.74, 6) is -0.561. The Morgan fingerprint density at radius 3 is 2.68 bits per heavy atom. The quantitative estimate of drug-likeness (QED) is 0.489. The van der Waals surface area contributed by atoms with Gasteiger partial charge in [-0.15, -0.1) is 0 Å². The number of pyridine rings is 1. The number of hydrogen-bond acceptors (Lipinski definition) is 5. The molecule has 0 spiro atoms. The lowest BCUT2D eigenvalue weighted by molar-refractivity contribution is 0.0436. The molecule has 3 N–H and O–H groups in total. The number of rotatable bonds is 4. The molecule has 8 heteroatoms. The van der Waals surface area contributed by atoms with Crippen LogP contribution in [0.25, 0.3) is 0 Å². The number of carbonyl (C=O) groups is 1. The van der Waals surface area contributed by atoms with Crippen molar-refractivity contribution in [1.29, 1.82) is 0 Å². The van der Waals surface area contributed by atoms with E-state index in [4.69, 9.17) is 10.5 Å². The van der Waals surface area contributed by atoms with E-state index in [2.05, 4.69) is 37.9 Å². The number of anilines is 1. The van der Waals surface area contributed by atoms with Gasteiger partial charge in [-0.25, -0.2) is 9.37 Å². The van der Waals surface area contributed by atoms with E-state index < -0.39 is 17.5 Å². The van der Waals surface area contributed by atoms with Crippen molar-refractivity contribution in [3.8, 4) is 0 Å². The highest BCUT2D eigenvalue weighted by molar-refractivity contribution is 14.1. The molecule has 6 nitrogen and oxygen atoms in total. The molecule has 1 aliphatic heterocycles. The molecule has 1 amide bonds. The highest BCUT2D eigenvalue weighted by atomic mass is 127. The van der Waals surface area contributed by atoms with Crippen molar-refractivity contribution in [3.05, 3.63) is 93.1 Å². The first-order valence-electron chi connectivity index (χ1n) is 9.60. The second-order valence-electron chi connectivity index (χ2n) is 7.42. The average molecular weight is 530 g/mol. The summed E-state index contributed by atoms with van der Waals surface area (Å²) in [7, 11) is 0. The monoisotopic (exact) mass is 530 g/mol. The molecule has 4 rings (SSSR count). The van der Waals surface area contributed by atoms with Crippen LogP contribution in [0.15, 0.2) is 71.9 Å². The normalized spacial score (nSPS) is 20.7. The van der Waals surface area contributed by atoms with Crippen LogP contribution in [0.5, 0.6) is 0 Å². The molecule has 1 aromatic heterocycles. The third-order valence-corrected chi connectivity index (χ3v) is 5.68. The minimum absolute atomic E-state index is 0.139. The van der Waals surface area contributed by atoms with Gasteiger partial charge in [0.25, 0.3) is 5.91 Å². The number of carbonyl (C=O) groups excluding carboxylic acids is 1. The Hall–Kier alpha value is -2.85. The molecule has 0 aliphatic carbocycles. The molecule has 0 radical (unpaired) electrons. The molecular formula is C23H20FIN4O2. The maximum atomic E-state index is 14.8. The van der Waals surface area contributed by atoms with Crippen LogP contribution in [-0.2, 0) is 10.3 Å². The van der Waals surface area contributed by atoms with Crippen molar-refractivity contribution in [1.82, 2.24) is 4.98 Å². The van der Waals surface area contributed by atoms with Gasteiger partial charge in [0, 0.05) is 21.0 Å². The number of nitrogens with zero attached hydrogens (tertiary/aromatic N) is 2. The second kappa shape index (κ2) is 8.72. The Balaban J connectivity index is 1.60. The summed E-state index contributed by atoms with van der Waals surface area (Å²) in [6.07, 6.45) is 1.12. The molecule has 2 atom stereocenters. The van der Waals surface area contributed by atoms with Gasteiger partial charge in [-0.05, 0) is 65.4 Å². The van der Waals surface area contributed by atoms with Crippen molar-refractivity contribution in [2.24, 2.45) is 10.7 Å². The van der Waals surface area contributed by atoms with Crippen LogP contribution in [-0.4, -0.2) is 23.3 Å². The van der Waals surface area contributed by atoms with E-state index in [-0.39, 0.29) is 29.6 Å². The first-order valence-corrected chi connectivity index (χ1v) is 10.7. The number of aromatic nitrogens is 1. The van der Waals surface area contributed by atoms with Gasteiger partial charge >= 0.3 is 0 Å². The topological polar surface area (TPSA) is 89.6 Å². The standard InChI is InChI=1S/C23H20FIN4O2/c1-23(13-31-20(21(26)29-23)14-5-3-2-4-6-14)17-11-16(8-9-18(17)24)28-22(30)19-10-7-15(25)12-27-19/h2-12,20H,13H2,1H3,(H2,26,29)(H,28,30)/t20-,23+/m1/s1. The summed E-state index contributed by atoms with van der Waals surface area (Å²) in [5.41, 5.74) is 7.05. The Morgan fingerprint density at radius 1 is 1.23 bits per heavy atom. The molecule has 0 unspecified atom stereocenters. The number of amides is 1. The van der Waals surface area contributed by atoms with Crippen LogP contribution in [0, 0.1) is 9.39 Å². The van der Waals surface area contributed by atoms with E-state index in [1.165, 1.54) is 12.1 Å². The Labute approximate surface area is 192 Å². The predicted molar refractivity (Wildman–Crippen MR) is 125 cm³/mol. The Bertz CT molecular complexity index is 1140. The fourth-order valence-electron chi connectivity index (χ4n) is 3.46. The number of halogens is 2. The summed E-state index contributed by atoms with van der Waals surface area (Å²) < 4.78 is 21.7. The minimum atomic E-state index is -1.03. The maximum Gasteiger partial charge on any atom is 0.274 e. The summed E-state index contributed by atoms with van der Waals surface area (Å²) in [6.45, 7) is 1.89. The lowest BCUT2D eigenvalue weighted by Gasteiger charge is -2.34. The van der Waals surface area contributed by atoms with Crippen molar-refractivity contribution < 1.29 is 13.9 Å². The third-order valence-electron chi connectivity index (χ3n) is 5.04. The van der Waals surface area contributed by atoms with Crippen molar-refractivity contribution in [3.63, 3.8) is 0 Å². The predicted octanol–water partition coefficient (Wildman–Crippen LogP) is 4.42. The Kier molecular flexibility index (Phi) is 6.01. The molecule has 0 fully saturated rings. The highest BCUT2D eigenvalue weighted by Crippen LogP contribution is 2.36. The van der Waals surface area contributed by atoms with E-state index in [1.807, 2.05) is 30.3 Å². The number of hydrogen-bond donors (Lipinski definition) is 2. The lowest BCUT2D eigenvalue weighted by atomic mass is 9.90. The van der Waals surface area contributed by atoms with E-state index in [0.717, 1.165) is 9.13 Å². The van der Waals surface area contributed by atoms with Crippen LogP contribution >= 0.6 is 22.6 Å². The summed E-state index contributed by atoms with van der Waals surface area (Å²) in [6, 6.07) is 17.3. The number of amidine groups is 1. The molecule has 2 aromatic carbocycles. The van der Waals surface area contributed by atoms with E-state index in [0.29, 0.717) is 5.69 Å². The van der Waals surface area contributed by atoms with E-state index in [9.17, 15) is 9.18 Å². The maximum absolute atomic E-state index is 14.8. The van der Waals surface area contributed by atoms with Crippen molar-refractivity contribution in [2.45, 2.75) is 18.6 Å². The van der Waals surface area contributed by atoms with Crippen LogP contribution in [0.3, 0.4) is 0 Å². The number of ether oxygens (including phenoxy) is 1. The van der Waals surface area contributed by atoms with Crippen LogP contribution in [0.1, 0.15) is 34.6 Å². The van der Waals surface area contributed by atoms with Gasteiger partial charge in [0.05, 0.1) is 6.61 Å². The molecule has 158 valence electrons. The molecule has 31 heavy (non-hydrogen) atoms. The summed E-state index contributed by atoms with van der Waals surface area (Å²) in [5, 5.41) is 2.76. The van der Waals surface area contributed by atoms with Gasteiger partial charge in [-0.2, -0.15) is 0 Å². The fourth-order valence-corrected chi connectivity index (χ4v) is 3.78. The number of benzene rings is 2. The smallest absolute Gasteiger partial charge is 0.274 e. The minimum Gasteiger partial charge on any atom is -0.385 e. The molecule has 0 saturated heterocycles. The van der Waals surface area contributed by atoms with E-state index >= 15 is 0 Å². The first kappa shape index (κ1) is 21.4. The number of aliphatic imine (C=N–C) groups is 1. The van der Waals surface area contributed by atoms with Gasteiger partial charge in [0.2, 0.25) is 0 Å². The second-order valence-corrected chi connectivity index (χ2v) is 8.67. The molecule has 0 bridgehead atoms. The van der Waals surface area contributed by atoms with E-state index in [1.54, 1.807) is 31.3 Å². The highest BCUT2D eigenvalue weighted by Gasteiger charge is 2.37.